The van der Waals surface area contributed by atoms with Gasteiger partial charge in [0.25, 0.3) is 0 Å². The highest BCUT2D eigenvalue weighted by Crippen LogP contribution is 2.34. The molecule has 1 aromatic heterocycles. The minimum absolute atomic E-state index is 0.116. The molecule has 0 spiro atoms. The smallest absolute Gasteiger partial charge is 0.123 e. The van der Waals surface area contributed by atoms with Gasteiger partial charge in [-0.2, -0.15) is 0 Å². The highest BCUT2D eigenvalue weighted by Gasteiger charge is 2.15. The van der Waals surface area contributed by atoms with Gasteiger partial charge in [-0.15, -0.1) is 11.3 Å². The van der Waals surface area contributed by atoms with E-state index in [1.165, 1.54) is 22.6 Å². The minimum Gasteiger partial charge on any atom is -0.309 e. The van der Waals surface area contributed by atoms with E-state index in [0.29, 0.717) is 0 Å². The molecule has 1 heterocycles. The SMILES string of the molecule is CNC(c1ccc(F)cc1)c1cc(C)c(Br)s1. The van der Waals surface area contributed by atoms with E-state index in [4.69, 9.17) is 0 Å². The van der Waals surface area contributed by atoms with E-state index >= 15 is 0 Å². The Hall–Kier alpha value is -0.710. The van der Waals surface area contributed by atoms with Crippen molar-refractivity contribution >= 4 is 27.3 Å². The lowest BCUT2D eigenvalue weighted by Crippen LogP contribution is -2.16. The van der Waals surface area contributed by atoms with E-state index in [-0.39, 0.29) is 11.9 Å². The minimum atomic E-state index is -0.202. The third-order valence-corrected chi connectivity index (χ3v) is 4.85. The molecule has 0 bridgehead atoms. The number of hydrogen-bond acceptors (Lipinski definition) is 2. The molecular weight excluding hydrogens is 301 g/mol. The van der Waals surface area contributed by atoms with Gasteiger partial charge < -0.3 is 5.32 Å². The molecule has 17 heavy (non-hydrogen) atoms. The topological polar surface area (TPSA) is 12.0 Å². The molecular formula is C13H13BrFNS. The van der Waals surface area contributed by atoms with Crippen molar-refractivity contribution in [2.75, 3.05) is 7.05 Å². The molecule has 2 aromatic rings. The first-order valence-corrected chi connectivity index (χ1v) is 6.91. The number of halogens is 2. The quantitative estimate of drug-likeness (QED) is 0.892. The van der Waals surface area contributed by atoms with Crippen molar-refractivity contribution in [1.29, 1.82) is 0 Å². The number of hydrogen-bond donors (Lipinski definition) is 1. The molecule has 0 fully saturated rings. The molecule has 2 rings (SSSR count). The van der Waals surface area contributed by atoms with Gasteiger partial charge in [0.05, 0.1) is 9.83 Å². The lowest BCUT2D eigenvalue weighted by Gasteiger charge is -2.14. The molecule has 0 saturated carbocycles. The summed E-state index contributed by atoms with van der Waals surface area (Å²) in [5.74, 6) is -0.202. The fourth-order valence-corrected chi connectivity index (χ4v) is 3.46. The second-order valence-electron chi connectivity index (χ2n) is 3.88. The highest BCUT2D eigenvalue weighted by molar-refractivity contribution is 9.11. The maximum Gasteiger partial charge on any atom is 0.123 e. The monoisotopic (exact) mass is 313 g/mol. The van der Waals surface area contributed by atoms with Crippen LogP contribution in [0.15, 0.2) is 34.1 Å². The molecule has 0 aliphatic carbocycles. The summed E-state index contributed by atoms with van der Waals surface area (Å²) in [5, 5.41) is 3.26. The first-order chi connectivity index (χ1) is 8.11. The van der Waals surface area contributed by atoms with E-state index in [2.05, 4.69) is 34.2 Å². The average Bonchev–Trinajstić information content (AvgIpc) is 2.63. The normalized spacial score (nSPS) is 12.7. The first kappa shape index (κ1) is 12.7. The molecule has 0 saturated heterocycles. The Morgan fingerprint density at radius 2 is 1.94 bits per heavy atom. The molecule has 4 heteroatoms. The molecule has 0 aliphatic rings. The zero-order chi connectivity index (χ0) is 12.4. The van der Waals surface area contributed by atoms with Crippen LogP contribution in [0, 0.1) is 12.7 Å². The van der Waals surface area contributed by atoms with Crippen LogP contribution in [0.25, 0.3) is 0 Å². The molecule has 1 nitrogen and oxygen atoms in total. The second kappa shape index (κ2) is 5.29. The van der Waals surface area contributed by atoms with Crippen molar-refractivity contribution in [3.63, 3.8) is 0 Å². The summed E-state index contributed by atoms with van der Waals surface area (Å²) in [6.07, 6.45) is 0. The molecule has 1 atom stereocenters. The van der Waals surface area contributed by atoms with Crippen LogP contribution in [-0.4, -0.2) is 7.05 Å². The van der Waals surface area contributed by atoms with Gasteiger partial charge in [-0.1, -0.05) is 12.1 Å². The van der Waals surface area contributed by atoms with E-state index in [0.717, 1.165) is 9.35 Å². The predicted octanol–water partition coefficient (Wildman–Crippen LogP) is 4.27. The average molecular weight is 314 g/mol. The Bertz CT molecular complexity index is 487. The number of aryl methyl sites for hydroxylation is 1. The fraction of sp³-hybridized carbons (Fsp3) is 0.231. The molecule has 0 amide bonds. The zero-order valence-electron chi connectivity index (χ0n) is 9.63. The largest absolute Gasteiger partial charge is 0.309 e. The van der Waals surface area contributed by atoms with Gasteiger partial charge in [-0.05, 0) is 59.2 Å². The van der Waals surface area contributed by atoms with Gasteiger partial charge in [0.1, 0.15) is 5.82 Å². The fourth-order valence-electron chi connectivity index (χ4n) is 1.75. The van der Waals surface area contributed by atoms with Crippen LogP contribution in [0.1, 0.15) is 22.0 Å². The van der Waals surface area contributed by atoms with Crippen molar-refractivity contribution < 1.29 is 4.39 Å². The lowest BCUT2D eigenvalue weighted by atomic mass is 10.1. The summed E-state index contributed by atoms with van der Waals surface area (Å²) in [7, 11) is 1.91. The Kier molecular flexibility index (Phi) is 3.97. The Morgan fingerprint density at radius 1 is 1.29 bits per heavy atom. The molecule has 1 aromatic carbocycles. The third-order valence-electron chi connectivity index (χ3n) is 2.65. The van der Waals surface area contributed by atoms with Gasteiger partial charge in [0.15, 0.2) is 0 Å². The van der Waals surface area contributed by atoms with Crippen LogP contribution < -0.4 is 5.32 Å². The maximum atomic E-state index is 12.9. The second-order valence-corrected chi connectivity index (χ2v) is 6.28. The summed E-state index contributed by atoms with van der Waals surface area (Å²) in [6.45, 7) is 2.07. The van der Waals surface area contributed by atoms with Crippen LogP contribution >= 0.6 is 27.3 Å². The molecule has 0 radical (unpaired) electrons. The number of benzene rings is 1. The van der Waals surface area contributed by atoms with Crippen molar-refractivity contribution in [3.05, 3.63) is 55.9 Å². The number of thiophene rings is 1. The predicted molar refractivity (Wildman–Crippen MR) is 74.1 cm³/mol. The van der Waals surface area contributed by atoms with Gasteiger partial charge in [0.2, 0.25) is 0 Å². The molecule has 90 valence electrons. The van der Waals surface area contributed by atoms with E-state index in [1.54, 1.807) is 11.3 Å². The van der Waals surface area contributed by atoms with Crippen molar-refractivity contribution in [2.24, 2.45) is 0 Å². The van der Waals surface area contributed by atoms with Crippen LogP contribution in [0.3, 0.4) is 0 Å². The summed E-state index contributed by atoms with van der Waals surface area (Å²) in [4.78, 5) is 1.23. The summed E-state index contributed by atoms with van der Waals surface area (Å²) in [5.41, 5.74) is 2.30. The van der Waals surface area contributed by atoms with Gasteiger partial charge in [-0.25, -0.2) is 4.39 Å². The first-order valence-electron chi connectivity index (χ1n) is 5.30. The standard InChI is InChI=1S/C13H13BrFNS/c1-8-7-11(17-13(8)14)12(16-2)9-3-5-10(15)6-4-9/h3-7,12,16H,1-2H3. The lowest BCUT2D eigenvalue weighted by molar-refractivity contribution is 0.624. The molecule has 0 aliphatic heterocycles. The van der Waals surface area contributed by atoms with Crippen LogP contribution in [0.2, 0.25) is 0 Å². The summed E-state index contributed by atoms with van der Waals surface area (Å²) >= 11 is 5.23. The van der Waals surface area contributed by atoms with Crippen LogP contribution in [0.4, 0.5) is 4.39 Å². The van der Waals surface area contributed by atoms with Gasteiger partial charge in [0, 0.05) is 4.88 Å². The molecule has 1 N–H and O–H groups in total. The van der Waals surface area contributed by atoms with E-state index in [1.807, 2.05) is 19.2 Å². The van der Waals surface area contributed by atoms with Gasteiger partial charge >= 0.3 is 0 Å². The van der Waals surface area contributed by atoms with Crippen molar-refractivity contribution in [3.8, 4) is 0 Å². The van der Waals surface area contributed by atoms with Crippen LogP contribution in [-0.2, 0) is 0 Å². The number of rotatable bonds is 3. The Morgan fingerprint density at radius 3 is 2.41 bits per heavy atom. The van der Waals surface area contributed by atoms with Crippen molar-refractivity contribution in [2.45, 2.75) is 13.0 Å². The maximum absolute atomic E-state index is 12.9. The number of nitrogens with one attached hydrogen (secondary N) is 1. The summed E-state index contributed by atoms with van der Waals surface area (Å²) in [6, 6.07) is 8.90. The molecule has 1 unspecified atom stereocenters. The third kappa shape index (κ3) is 2.76. The Labute approximate surface area is 113 Å². The van der Waals surface area contributed by atoms with E-state index < -0.39 is 0 Å². The van der Waals surface area contributed by atoms with E-state index in [9.17, 15) is 4.39 Å². The van der Waals surface area contributed by atoms with Crippen LogP contribution in [0.5, 0.6) is 0 Å². The Balaban J connectivity index is 2.36. The van der Waals surface area contributed by atoms with Gasteiger partial charge in [-0.3, -0.25) is 0 Å². The zero-order valence-corrected chi connectivity index (χ0v) is 12.0. The van der Waals surface area contributed by atoms with Crippen molar-refractivity contribution in [1.82, 2.24) is 5.32 Å². The summed E-state index contributed by atoms with van der Waals surface area (Å²) < 4.78 is 14.0. The highest BCUT2D eigenvalue weighted by atomic mass is 79.9.